The fraction of sp³-hybridized carbons (Fsp3) is 0.400. The van der Waals surface area contributed by atoms with E-state index in [1.165, 1.54) is 18.4 Å². The Kier molecular flexibility index (Phi) is 5.88. The number of carbonyl (C=O) groups excluding carboxylic acids is 2. The number of hydrogen-bond donors (Lipinski definition) is 3. The molecule has 1 aliphatic carbocycles. The lowest BCUT2D eigenvalue weighted by atomic mass is 9.97. The van der Waals surface area contributed by atoms with Crippen LogP contribution in [0.15, 0.2) is 42.1 Å². The van der Waals surface area contributed by atoms with Gasteiger partial charge < -0.3 is 15.6 Å². The van der Waals surface area contributed by atoms with Gasteiger partial charge in [0.2, 0.25) is 0 Å². The van der Waals surface area contributed by atoms with E-state index in [9.17, 15) is 9.59 Å². The van der Waals surface area contributed by atoms with Crippen LogP contribution in [0.5, 0.6) is 0 Å². The Labute approximate surface area is 147 Å². The maximum atomic E-state index is 11.9. The molecule has 5 nitrogen and oxygen atoms in total. The minimum Gasteiger partial charge on any atom is -0.361 e. The summed E-state index contributed by atoms with van der Waals surface area (Å²) in [6.07, 6.45) is 10.5. The number of nitrogens with one attached hydrogen (secondary N) is 3. The van der Waals surface area contributed by atoms with Gasteiger partial charge in [0, 0.05) is 30.2 Å². The van der Waals surface area contributed by atoms with E-state index in [4.69, 9.17) is 0 Å². The normalized spacial score (nSPS) is 14.2. The van der Waals surface area contributed by atoms with Gasteiger partial charge in [-0.25, -0.2) is 0 Å². The summed E-state index contributed by atoms with van der Waals surface area (Å²) in [5.74, 6) is -1.10. The van der Waals surface area contributed by atoms with Crippen molar-refractivity contribution in [2.75, 3.05) is 13.1 Å². The molecule has 0 bridgehead atoms. The van der Waals surface area contributed by atoms with Crippen LogP contribution in [0.25, 0.3) is 10.9 Å². The number of allylic oxidation sites excluding steroid dienone is 1. The van der Waals surface area contributed by atoms with Crippen molar-refractivity contribution in [2.45, 2.75) is 38.5 Å². The molecular weight excluding hydrogens is 314 g/mol. The first-order valence-corrected chi connectivity index (χ1v) is 9.03. The van der Waals surface area contributed by atoms with E-state index in [0.717, 1.165) is 35.7 Å². The van der Waals surface area contributed by atoms with E-state index >= 15 is 0 Å². The lowest BCUT2D eigenvalue weighted by Gasteiger charge is -2.12. The third-order valence-electron chi connectivity index (χ3n) is 4.68. The van der Waals surface area contributed by atoms with Gasteiger partial charge in [-0.15, -0.1) is 0 Å². The summed E-state index contributed by atoms with van der Waals surface area (Å²) in [5.41, 5.74) is 3.62. The van der Waals surface area contributed by atoms with Gasteiger partial charge in [0.15, 0.2) is 0 Å². The molecule has 0 fully saturated rings. The topological polar surface area (TPSA) is 74.0 Å². The van der Waals surface area contributed by atoms with Crippen LogP contribution in [0, 0.1) is 0 Å². The number of aromatic amines is 1. The van der Waals surface area contributed by atoms with Crippen molar-refractivity contribution in [3.8, 4) is 0 Å². The monoisotopic (exact) mass is 339 g/mol. The Balaban J connectivity index is 1.38. The molecule has 25 heavy (non-hydrogen) atoms. The Bertz CT molecular complexity index is 776. The van der Waals surface area contributed by atoms with E-state index in [2.05, 4.69) is 27.8 Å². The first kappa shape index (κ1) is 17.3. The van der Waals surface area contributed by atoms with Crippen molar-refractivity contribution < 1.29 is 9.59 Å². The summed E-state index contributed by atoms with van der Waals surface area (Å²) in [4.78, 5) is 26.9. The van der Waals surface area contributed by atoms with Crippen LogP contribution >= 0.6 is 0 Å². The van der Waals surface area contributed by atoms with Gasteiger partial charge in [-0.1, -0.05) is 29.8 Å². The SMILES string of the molecule is O=C(NCCC1=CCCCC1)C(=O)NCCc1c[nH]c2ccccc12. The first-order chi connectivity index (χ1) is 12.2. The van der Waals surface area contributed by atoms with Crippen LogP contribution in [0.2, 0.25) is 0 Å². The molecule has 0 spiro atoms. The maximum absolute atomic E-state index is 11.9. The van der Waals surface area contributed by atoms with Gasteiger partial charge in [0.1, 0.15) is 0 Å². The fourth-order valence-corrected chi connectivity index (χ4v) is 3.28. The standard InChI is InChI=1S/C20H25N3O2/c24-19(21-12-10-15-6-2-1-3-7-15)20(25)22-13-11-16-14-23-18-9-5-4-8-17(16)18/h4-6,8-9,14,23H,1-3,7,10-13H2,(H,21,24)(H,22,25). The number of para-hydroxylation sites is 1. The predicted molar refractivity (Wildman–Crippen MR) is 99.2 cm³/mol. The molecule has 1 heterocycles. The zero-order chi connectivity index (χ0) is 17.5. The fourth-order valence-electron chi connectivity index (χ4n) is 3.28. The van der Waals surface area contributed by atoms with Gasteiger partial charge in [0.25, 0.3) is 0 Å². The smallest absolute Gasteiger partial charge is 0.309 e. The third-order valence-corrected chi connectivity index (χ3v) is 4.68. The number of aromatic nitrogens is 1. The Morgan fingerprint density at radius 3 is 2.52 bits per heavy atom. The molecule has 1 aromatic heterocycles. The number of fused-ring (bicyclic) bond motifs is 1. The molecular formula is C20H25N3O2. The molecule has 0 radical (unpaired) electrons. The molecule has 3 rings (SSSR count). The molecule has 0 atom stereocenters. The zero-order valence-electron chi connectivity index (χ0n) is 14.4. The van der Waals surface area contributed by atoms with Crippen LogP contribution in [0.1, 0.15) is 37.7 Å². The molecule has 2 aromatic rings. The zero-order valence-corrected chi connectivity index (χ0v) is 14.4. The molecule has 2 amide bonds. The van der Waals surface area contributed by atoms with Crippen molar-refractivity contribution in [1.82, 2.24) is 15.6 Å². The van der Waals surface area contributed by atoms with Gasteiger partial charge >= 0.3 is 11.8 Å². The molecule has 0 saturated carbocycles. The van der Waals surface area contributed by atoms with E-state index in [1.54, 1.807) is 0 Å². The van der Waals surface area contributed by atoms with E-state index < -0.39 is 11.8 Å². The highest BCUT2D eigenvalue weighted by atomic mass is 16.2. The quantitative estimate of drug-likeness (QED) is 0.559. The molecule has 5 heteroatoms. The minimum atomic E-state index is -0.558. The lowest BCUT2D eigenvalue weighted by molar-refractivity contribution is -0.139. The average Bonchev–Trinajstić information content (AvgIpc) is 3.06. The molecule has 0 saturated heterocycles. The Morgan fingerprint density at radius 1 is 1.00 bits per heavy atom. The number of H-pyrrole nitrogens is 1. The van der Waals surface area contributed by atoms with Crippen LogP contribution in [-0.2, 0) is 16.0 Å². The molecule has 3 N–H and O–H groups in total. The lowest BCUT2D eigenvalue weighted by Crippen LogP contribution is -2.41. The molecule has 1 aromatic carbocycles. The second-order valence-corrected chi connectivity index (χ2v) is 6.48. The first-order valence-electron chi connectivity index (χ1n) is 9.03. The molecule has 1 aliphatic rings. The third kappa shape index (κ3) is 4.72. The minimum absolute atomic E-state index is 0.444. The average molecular weight is 339 g/mol. The van der Waals surface area contributed by atoms with Gasteiger partial charge in [0.05, 0.1) is 0 Å². The Morgan fingerprint density at radius 2 is 1.76 bits per heavy atom. The highest BCUT2D eigenvalue weighted by Gasteiger charge is 2.13. The van der Waals surface area contributed by atoms with E-state index in [1.807, 2.05) is 24.4 Å². The van der Waals surface area contributed by atoms with E-state index in [0.29, 0.717) is 19.5 Å². The van der Waals surface area contributed by atoms with Crippen LogP contribution in [0.3, 0.4) is 0 Å². The van der Waals surface area contributed by atoms with Crippen molar-refractivity contribution in [3.05, 3.63) is 47.7 Å². The van der Waals surface area contributed by atoms with E-state index in [-0.39, 0.29) is 0 Å². The highest BCUT2D eigenvalue weighted by molar-refractivity contribution is 6.35. The number of rotatable bonds is 6. The number of benzene rings is 1. The summed E-state index contributed by atoms with van der Waals surface area (Å²) in [5, 5.41) is 6.55. The summed E-state index contributed by atoms with van der Waals surface area (Å²) < 4.78 is 0. The van der Waals surface area contributed by atoms with Gasteiger partial charge in [-0.05, 0) is 50.2 Å². The number of carbonyl (C=O) groups is 2. The Hall–Kier alpha value is -2.56. The number of hydrogen-bond acceptors (Lipinski definition) is 2. The summed E-state index contributed by atoms with van der Waals surface area (Å²) >= 11 is 0. The predicted octanol–water partition coefficient (Wildman–Crippen LogP) is 2.83. The highest BCUT2D eigenvalue weighted by Crippen LogP contribution is 2.19. The summed E-state index contributed by atoms with van der Waals surface area (Å²) in [7, 11) is 0. The van der Waals surface area contributed by atoms with Crippen LogP contribution in [0.4, 0.5) is 0 Å². The summed E-state index contributed by atoms with van der Waals surface area (Å²) in [6.45, 7) is 0.972. The second kappa shape index (κ2) is 8.51. The van der Waals surface area contributed by atoms with Gasteiger partial charge in [-0.2, -0.15) is 0 Å². The summed E-state index contributed by atoms with van der Waals surface area (Å²) in [6, 6.07) is 8.05. The van der Waals surface area contributed by atoms with Crippen LogP contribution in [-0.4, -0.2) is 29.9 Å². The van der Waals surface area contributed by atoms with Crippen molar-refractivity contribution in [3.63, 3.8) is 0 Å². The number of amides is 2. The van der Waals surface area contributed by atoms with Crippen molar-refractivity contribution >= 4 is 22.7 Å². The van der Waals surface area contributed by atoms with Crippen molar-refractivity contribution in [1.29, 1.82) is 0 Å². The molecule has 132 valence electrons. The molecule has 0 aliphatic heterocycles. The largest absolute Gasteiger partial charge is 0.361 e. The second-order valence-electron chi connectivity index (χ2n) is 6.48. The van der Waals surface area contributed by atoms with Crippen LogP contribution < -0.4 is 10.6 Å². The molecule has 0 unspecified atom stereocenters. The van der Waals surface area contributed by atoms with Crippen molar-refractivity contribution in [2.24, 2.45) is 0 Å². The maximum Gasteiger partial charge on any atom is 0.309 e. The van der Waals surface area contributed by atoms with Gasteiger partial charge in [-0.3, -0.25) is 9.59 Å².